The summed E-state index contributed by atoms with van der Waals surface area (Å²) in [5, 5.41) is 3.31. The molecule has 1 aliphatic rings. The van der Waals surface area contributed by atoms with E-state index in [9.17, 15) is 4.79 Å². The fourth-order valence-electron chi connectivity index (χ4n) is 2.42. The molecule has 1 atom stereocenters. The molecule has 0 saturated carbocycles. The number of piperazine rings is 1. The van der Waals surface area contributed by atoms with Gasteiger partial charge in [-0.15, -0.1) is 11.8 Å². The summed E-state index contributed by atoms with van der Waals surface area (Å²) < 4.78 is 0. The molecule has 2 rings (SSSR count). The normalized spacial score (nSPS) is 19.1. The molecule has 1 amide bonds. The van der Waals surface area contributed by atoms with E-state index in [-0.39, 0.29) is 5.91 Å². The van der Waals surface area contributed by atoms with Gasteiger partial charge >= 0.3 is 0 Å². The summed E-state index contributed by atoms with van der Waals surface area (Å²) in [5.41, 5.74) is 2.64. The van der Waals surface area contributed by atoms with E-state index in [0.29, 0.717) is 12.5 Å². The minimum atomic E-state index is 0.287. The van der Waals surface area contributed by atoms with Crippen molar-refractivity contribution >= 4 is 17.7 Å². The van der Waals surface area contributed by atoms with Crippen LogP contribution in [0.25, 0.3) is 0 Å². The van der Waals surface area contributed by atoms with Crippen LogP contribution in [-0.4, -0.2) is 42.2 Å². The predicted octanol–water partition coefficient (Wildman–Crippen LogP) is 2.61. The van der Waals surface area contributed by atoms with Crippen LogP contribution in [0.2, 0.25) is 0 Å². The van der Waals surface area contributed by atoms with Gasteiger partial charge < -0.3 is 10.2 Å². The second kappa shape index (κ2) is 7.14. The number of carbonyl (C=O) groups excluding carboxylic acids is 1. The van der Waals surface area contributed by atoms with Gasteiger partial charge in [0.25, 0.3) is 0 Å². The van der Waals surface area contributed by atoms with E-state index in [1.165, 1.54) is 16.0 Å². The summed E-state index contributed by atoms with van der Waals surface area (Å²) in [4.78, 5) is 15.5. The van der Waals surface area contributed by atoms with Gasteiger partial charge in [0.2, 0.25) is 5.91 Å². The van der Waals surface area contributed by atoms with Crippen molar-refractivity contribution in [3.05, 3.63) is 29.3 Å². The number of nitrogens with one attached hydrogen (secondary N) is 1. The smallest absolute Gasteiger partial charge is 0.223 e. The highest BCUT2D eigenvalue weighted by molar-refractivity contribution is 7.99. The summed E-state index contributed by atoms with van der Waals surface area (Å²) >= 11 is 1.77. The van der Waals surface area contributed by atoms with Gasteiger partial charge in [-0.3, -0.25) is 4.79 Å². The molecule has 110 valence electrons. The summed E-state index contributed by atoms with van der Waals surface area (Å²) in [6.07, 6.45) is 0.627. The fraction of sp³-hybridized carbons (Fsp3) is 0.562. The highest BCUT2D eigenvalue weighted by Crippen LogP contribution is 2.22. The first kappa shape index (κ1) is 15.4. The number of hydrogen-bond acceptors (Lipinski definition) is 3. The molecule has 1 aromatic carbocycles. The number of hydrogen-bond donors (Lipinski definition) is 1. The molecule has 0 aliphatic carbocycles. The number of amides is 1. The van der Waals surface area contributed by atoms with Gasteiger partial charge in [0.05, 0.1) is 0 Å². The molecule has 1 heterocycles. The Morgan fingerprint density at radius 1 is 1.40 bits per heavy atom. The number of aryl methyl sites for hydroxylation is 2. The Morgan fingerprint density at radius 2 is 2.20 bits per heavy atom. The highest BCUT2D eigenvalue weighted by Gasteiger charge is 2.22. The van der Waals surface area contributed by atoms with Crippen molar-refractivity contribution in [1.82, 2.24) is 10.2 Å². The lowest BCUT2D eigenvalue weighted by molar-refractivity contribution is -0.133. The average Bonchev–Trinajstić information content (AvgIpc) is 2.43. The molecule has 0 unspecified atom stereocenters. The molecule has 1 aromatic rings. The van der Waals surface area contributed by atoms with E-state index in [2.05, 4.69) is 44.3 Å². The van der Waals surface area contributed by atoms with Crippen molar-refractivity contribution < 1.29 is 4.79 Å². The van der Waals surface area contributed by atoms with Crippen molar-refractivity contribution in [3.8, 4) is 0 Å². The van der Waals surface area contributed by atoms with Gasteiger partial charge in [0.15, 0.2) is 0 Å². The third-order valence-electron chi connectivity index (χ3n) is 3.88. The van der Waals surface area contributed by atoms with Crippen LogP contribution in [0.4, 0.5) is 0 Å². The zero-order chi connectivity index (χ0) is 14.5. The quantitative estimate of drug-likeness (QED) is 0.866. The first-order chi connectivity index (χ1) is 9.58. The van der Waals surface area contributed by atoms with Crippen molar-refractivity contribution in [3.63, 3.8) is 0 Å². The van der Waals surface area contributed by atoms with E-state index in [0.717, 1.165) is 25.4 Å². The summed E-state index contributed by atoms with van der Waals surface area (Å²) in [6, 6.07) is 6.82. The highest BCUT2D eigenvalue weighted by atomic mass is 32.2. The Balaban J connectivity index is 1.80. The Bertz CT molecular complexity index is 476. The molecular formula is C16H24N2OS. The van der Waals surface area contributed by atoms with Crippen molar-refractivity contribution in [2.75, 3.05) is 25.4 Å². The van der Waals surface area contributed by atoms with Crippen LogP contribution < -0.4 is 5.32 Å². The first-order valence-corrected chi connectivity index (χ1v) is 8.26. The molecule has 0 radical (unpaired) electrons. The lowest BCUT2D eigenvalue weighted by Gasteiger charge is -2.34. The molecule has 1 N–H and O–H groups in total. The van der Waals surface area contributed by atoms with Crippen LogP contribution in [0.3, 0.4) is 0 Å². The molecule has 1 fully saturated rings. The maximum Gasteiger partial charge on any atom is 0.223 e. The molecule has 3 nitrogen and oxygen atoms in total. The van der Waals surface area contributed by atoms with Crippen molar-refractivity contribution in [2.24, 2.45) is 0 Å². The van der Waals surface area contributed by atoms with Gasteiger partial charge in [-0.25, -0.2) is 0 Å². The van der Waals surface area contributed by atoms with E-state index >= 15 is 0 Å². The molecule has 1 aliphatic heterocycles. The maximum absolute atomic E-state index is 12.2. The van der Waals surface area contributed by atoms with E-state index in [4.69, 9.17) is 0 Å². The second-order valence-electron chi connectivity index (χ2n) is 5.48. The van der Waals surface area contributed by atoms with Crippen molar-refractivity contribution in [1.29, 1.82) is 0 Å². The molecular weight excluding hydrogens is 268 g/mol. The van der Waals surface area contributed by atoms with E-state index < -0.39 is 0 Å². The molecule has 0 spiro atoms. The molecule has 4 heteroatoms. The number of thioether (sulfide) groups is 1. The topological polar surface area (TPSA) is 32.3 Å². The minimum Gasteiger partial charge on any atom is -0.337 e. The number of rotatable bonds is 4. The summed E-state index contributed by atoms with van der Waals surface area (Å²) in [6.45, 7) is 9.04. The van der Waals surface area contributed by atoms with Gasteiger partial charge in [-0.1, -0.05) is 6.07 Å². The van der Waals surface area contributed by atoms with Crippen LogP contribution >= 0.6 is 11.8 Å². The van der Waals surface area contributed by atoms with Gasteiger partial charge in [-0.2, -0.15) is 0 Å². The summed E-state index contributed by atoms with van der Waals surface area (Å²) in [5.74, 6) is 1.15. The monoisotopic (exact) mass is 292 g/mol. The minimum absolute atomic E-state index is 0.287. The van der Waals surface area contributed by atoms with Gasteiger partial charge in [0.1, 0.15) is 0 Å². The van der Waals surface area contributed by atoms with E-state index in [1.54, 1.807) is 11.8 Å². The second-order valence-corrected chi connectivity index (χ2v) is 6.65. The Labute approximate surface area is 126 Å². The Hall–Kier alpha value is -1.00. The number of nitrogens with zero attached hydrogens (tertiary/aromatic N) is 1. The maximum atomic E-state index is 12.2. The van der Waals surface area contributed by atoms with Gasteiger partial charge in [0, 0.05) is 42.7 Å². The zero-order valence-electron chi connectivity index (χ0n) is 12.6. The van der Waals surface area contributed by atoms with Crippen LogP contribution in [0.1, 0.15) is 24.5 Å². The van der Waals surface area contributed by atoms with Crippen LogP contribution in [0, 0.1) is 13.8 Å². The van der Waals surface area contributed by atoms with Crippen molar-refractivity contribution in [2.45, 2.75) is 38.1 Å². The lowest BCUT2D eigenvalue weighted by Crippen LogP contribution is -2.52. The van der Waals surface area contributed by atoms with Gasteiger partial charge in [-0.05, 0) is 44.0 Å². The molecule has 20 heavy (non-hydrogen) atoms. The predicted molar refractivity (Wildman–Crippen MR) is 85.3 cm³/mol. The Kier molecular flexibility index (Phi) is 5.49. The zero-order valence-corrected chi connectivity index (χ0v) is 13.4. The van der Waals surface area contributed by atoms with Crippen LogP contribution in [0.15, 0.2) is 23.1 Å². The largest absolute Gasteiger partial charge is 0.337 e. The third-order valence-corrected chi connectivity index (χ3v) is 4.88. The number of carbonyl (C=O) groups is 1. The Morgan fingerprint density at radius 3 is 2.90 bits per heavy atom. The number of benzene rings is 1. The molecule has 0 bridgehead atoms. The lowest BCUT2D eigenvalue weighted by atomic mass is 10.1. The van der Waals surface area contributed by atoms with Crippen LogP contribution in [0.5, 0.6) is 0 Å². The summed E-state index contributed by atoms with van der Waals surface area (Å²) in [7, 11) is 0. The SMILES string of the molecule is Cc1ccc(SCCC(=O)N2CCNC[C@@H]2C)cc1C. The third kappa shape index (κ3) is 4.00. The molecule has 0 aromatic heterocycles. The first-order valence-electron chi connectivity index (χ1n) is 7.28. The average molecular weight is 292 g/mol. The molecule has 1 saturated heterocycles. The standard InChI is InChI=1S/C16H24N2OS/c1-12-4-5-15(10-13(12)2)20-9-6-16(19)18-8-7-17-11-14(18)3/h4-5,10,14,17H,6-9,11H2,1-3H3/t14-/m0/s1. The van der Waals surface area contributed by atoms with E-state index in [1.807, 2.05) is 4.90 Å². The fourth-order valence-corrected chi connectivity index (χ4v) is 3.35. The van der Waals surface area contributed by atoms with Crippen LogP contribution in [-0.2, 0) is 4.79 Å².